The van der Waals surface area contributed by atoms with Crippen molar-refractivity contribution < 1.29 is 4.74 Å². The maximum absolute atomic E-state index is 6.03. The highest BCUT2D eigenvalue weighted by molar-refractivity contribution is 9.10. The maximum Gasteiger partial charge on any atom is 0.129 e. The van der Waals surface area contributed by atoms with Crippen molar-refractivity contribution in [1.29, 1.82) is 0 Å². The van der Waals surface area contributed by atoms with Crippen molar-refractivity contribution in [3.05, 3.63) is 114 Å². The van der Waals surface area contributed by atoms with Gasteiger partial charge in [0, 0.05) is 21.9 Å². The van der Waals surface area contributed by atoms with E-state index in [-0.39, 0.29) is 0 Å². The number of nitrogens with zero attached hydrogens (tertiary/aromatic N) is 1. The van der Waals surface area contributed by atoms with E-state index < -0.39 is 0 Å². The van der Waals surface area contributed by atoms with Crippen molar-refractivity contribution in [2.75, 3.05) is 4.90 Å². The van der Waals surface area contributed by atoms with Gasteiger partial charge in [0.1, 0.15) is 11.5 Å². The van der Waals surface area contributed by atoms with Crippen LogP contribution in [0.3, 0.4) is 0 Å². The van der Waals surface area contributed by atoms with E-state index in [2.05, 4.69) is 57.2 Å². The molecule has 0 radical (unpaired) electrons. The largest absolute Gasteiger partial charge is 0.457 e. The Bertz CT molecular complexity index is 1020. The van der Waals surface area contributed by atoms with E-state index in [1.165, 1.54) is 0 Å². The summed E-state index contributed by atoms with van der Waals surface area (Å²) in [6.07, 6.45) is 0. The zero-order valence-electron chi connectivity index (χ0n) is 14.6. The molecule has 0 aliphatic carbocycles. The van der Waals surface area contributed by atoms with Crippen molar-refractivity contribution >= 4 is 33.0 Å². The minimum atomic E-state index is 0.798. The number of hydrogen-bond acceptors (Lipinski definition) is 2. The predicted molar refractivity (Wildman–Crippen MR) is 115 cm³/mol. The molecule has 0 aliphatic rings. The molecule has 0 saturated heterocycles. The first-order valence-electron chi connectivity index (χ1n) is 8.74. The third-order valence-corrected chi connectivity index (χ3v) is 4.83. The summed E-state index contributed by atoms with van der Waals surface area (Å²) in [7, 11) is 0. The van der Waals surface area contributed by atoms with Crippen LogP contribution < -0.4 is 9.64 Å². The Labute approximate surface area is 167 Å². The number of rotatable bonds is 5. The van der Waals surface area contributed by atoms with Crippen molar-refractivity contribution in [1.82, 2.24) is 0 Å². The van der Waals surface area contributed by atoms with Gasteiger partial charge in [0.15, 0.2) is 0 Å². The van der Waals surface area contributed by atoms with E-state index in [0.717, 1.165) is 33.0 Å². The van der Waals surface area contributed by atoms with Crippen LogP contribution in [0, 0.1) is 0 Å². The molecule has 0 amide bonds. The molecule has 0 spiro atoms. The smallest absolute Gasteiger partial charge is 0.129 e. The third-order valence-electron chi connectivity index (χ3n) is 4.16. The van der Waals surface area contributed by atoms with Crippen LogP contribution in [0.2, 0.25) is 0 Å². The van der Waals surface area contributed by atoms with Gasteiger partial charge in [-0.3, -0.25) is 0 Å². The molecule has 3 heteroatoms. The average Bonchev–Trinajstić information content (AvgIpc) is 2.72. The monoisotopic (exact) mass is 415 g/mol. The van der Waals surface area contributed by atoms with Gasteiger partial charge in [-0.15, -0.1) is 0 Å². The molecule has 27 heavy (non-hydrogen) atoms. The van der Waals surface area contributed by atoms with Crippen LogP contribution >= 0.6 is 15.9 Å². The molecule has 0 fully saturated rings. The highest BCUT2D eigenvalue weighted by Crippen LogP contribution is 2.39. The summed E-state index contributed by atoms with van der Waals surface area (Å²) in [4.78, 5) is 2.21. The van der Waals surface area contributed by atoms with Gasteiger partial charge in [0.25, 0.3) is 0 Å². The molecule has 0 aromatic heterocycles. The molecule has 4 aromatic rings. The second kappa shape index (κ2) is 8.11. The zero-order valence-corrected chi connectivity index (χ0v) is 16.2. The topological polar surface area (TPSA) is 12.5 Å². The van der Waals surface area contributed by atoms with E-state index >= 15 is 0 Å². The normalized spacial score (nSPS) is 10.4. The number of benzene rings is 4. The fourth-order valence-corrected chi connectivity index (χ4v) is 3.41. The van der Waals surface area contributed by atoms with E-state index in [1.54, 1.807) is 0 Å². The number of hydrogen-bond donors (Lipinski definition) is 0. The third kappa shape index (κ3) is 4.04. The lowest BCUT2D eigenvalue weighted by molar-refractivity contribution is 0.483. The molecule has 0 atom stereocenters. The van der Waals surface area contributed by atoms with Crippen LogP contribution in [0.25, 0.3) is 0 Å². The molecular formula is C24H18BrNO. The highest BCUT2D eigenvalue weighted by atomic mass is 79.9. The number of anilines is 3. The van der Waals surface area contributed by atoms with E-state index in [9.17, 15) is 0 Å². The molecule has 132 valence electrons. The Kier molecular flexibility index (Phi) is 5.22. The molecule has 4 rings (SSSR count). The summed E-state index contributed by atoms with van der Waals surface area (Å²) in [6.45, 7) is 0. The van der Waals surface area contributed by atoms with Gasteiger partial charge >= 0.3 is 0 Å². The second-order valence-electron chi connectivity index (χ2n) is 6.03. The SMILES string of the molecule is Brc1ccccc1N(c1ccccc1)c1cccc(Oc2ccccc2)c1. The zero-order chi connectivity index (χ0) is 18.5. The number of ether oxygens (including phenoxy) is 1. The average molecular weight is 416 g/mol. The first-order chi connectivity index (χ1) is 13.3. The highest BCUT2D eigenvalue weighted by Gasteiger charge is 2.15. The van der Waals surface area contributed by atoms with E-state index in [0.29, 0.717) is 0 Å². The minimum Gasteiger partial charge on any atom is -0.457 e. The van der Waals surface area contributed by atoms with Crippen molar-refractivity contribution in [2.45, 2.75) is 0 Å². The molecule has 0 bridgehead atoms. The Hall–Kier alpha value is -3.04. The van der Waals surface area contributed by atoms with Crippen LogP contribution in [0.4, 0.5) is 17.1 Å². The molecule has 4 aromatic carbocycles. The Morgan fingerprint density at radius 2 is 1.15 bits per heavy atom. The summed E-state index contributed by atoms with van der Waals surface area (Å²) in [5.74, 6) is 1.62. The molecule has 2 nitrogen and oxygen atoms in total. The van der Waals surface area contributed by atoms with Gasteiger partial charge in [0.2, 0.25) is 0 Å². The first kappa shape index (κ1) is 17.4. The van der Waals surface area contributed by atoms with Crippen LogP contribution in [0.15, 0.2) is 114 Å². The lowest BCUT2D eigenvalue weighted by Crippen LogP contribution is -2.10. The van der Waals surface area contributed by atoms with Crippen LogP contribution in [0.1, 0.15) is 0 Å². The van der Waals surface area contributed by atoms with Crippen molar-refractivity contribution in [3.8, 4) is 11.5 Å². The molecule has 0 N–H and O–H groups in total. The molecule has 0 unspecified atom stereocenters. The summed E-state index contributed by atoms with van der Waals surface area (Å²) in [5, 5.41) is 0. The van der Waals surface area contributed by atoms with Crippen LogP contribution in [-0.2, 0) is 0 Å². The molecule has 0 aliphatic heterocycles. The van der Waals surface area contributed by atoms with Gasteiger partial charge in [-0.05, 0) is 64.5 Å². The van der Waals surface area contributed by atoms with Gasteiger partial charge in [-0.2, -0.15) is 0 Å². The van der Waals surface area contributed by atoms with Crippen LogP contribution in [-0.4, -0.2) is 0 Å². The standard InChI is InChI=1S/C24H18BrNO/c25-23-16-7-8-17-24(23)26(19-10-3-1-4-11-19)20-12-9-15-22(18-20)27-21-13-5-2-6-14-21/h1-18H. The molecule has 0 saturated carbocycles. The Morgan fingerprint density at radius 3 is 1.89 bits per heavy atom. The summed E-state index contributed by atoms with van der Waals surface area (Å²) >= 11 is 3.69. The van der Waals surface area contributed by atoms with Gasteiger partial charge in [0.05, 0.1) is 5.69 Å². The number of halogens is 1. The fraction of sp³-hybridized carbons (Fsp3) is 0. The van der Waals surface area contributed by atoms with Gasteiger partial charge in [-0.1, -0.05) is 54.6 Å². The fourth-order valence-electron chi connectivity index (χ4n) is 2.95. The number of para-hydroxylation sites is 3. The summed E-state index contributed by atoms with van der Waals surface area (Å²) in [5.41, 5.74) is 3.18. The lowest BCUT2D eigenvalue weighted by Gasteiger charge is -2.26. The van der Waals surface area contributed by atoms with Gasteiger partial charge in [-0.25, -0.2) is 0 Å². The lowest BCUT2D eigenvalue weighted by atomic mass is 10.2. The van der Waals surface area contributed by atoms with Gasteiger partial charge < -0.3 is 9.64 Å². The first-order valence-corrected chi connectivity index (χ1v) is 9.53. The summed E-state index contributed by atoms with van der Waals surface area (Å²) < 4.78 is 7.06. The molecule has 0 heterocycles. The van der Waals surface area contributed by atoms with Crippen LogP contribution in [0.5, 0.6) is 11.5 Å². The molecular weight excluding hydrogens is 398 g/mol. The quantitative estimate of drug-likeness (QED) is 0.330. The van der Waals surface area contributed by atoms with Crippen molar-refractivity contribution in [2.24, 2.45) is 0 Å². The predicted octanol–water partition coefficient (Wildman–Crippen LogP) is 7.71. The van der Waals surface area contributed by atoms with Crippen molar-refractivity contribution in [3.63, 3.8) is 0 Å². The van der Waals surface area contributed by atoms with E-state index in [4.69, 9.17) is 4.74 Å². The Morgan fingerprint density at radius 1 is 0.556 bits per heavy atom. The van der Waals surface area contributed by atoms with E-state index in [1.807, 2.05) is 72.8 Å². The Balaban J connectivity index is 1.77. The maximum atomic E-state index is 6.03. The second-order valence-corrected chi connectivity index (χ2v) is 6.89. The summed E-state index contributed by atoms with van der Waals surface area (Å²) in [6, 6.07) is 36.5. The minimum absolute atomic E-state index is 0.798.